The van der Waals surface area contributed by atoms with Crippen LogP contribution in [0, 0.1) is 5.92 Å². The van der Waals surface area contributed by atoms with Crippen molar-refractivity contribution in [3.63, 3.8) is 0 Å². The van der Waals surface area contributed by atoms with Gasteiger partial charge in [0.05, 0.1) is 0 Å². The summed E-state index contributed by atoms with van der Waals surface area (Å²) in [7, 11) is 1.66. The summed E-state index contributed by atoms with van der Waals surface area (Å²) >= 11 is 0. The Bertz CT molecular complexity index is 609. The molecule has 0 N–H and O–H groups in total. The van der Waals surface area contributed by atoms with Crippen molar-refractivity contribution in [1.82, 2.24) is 9.80 Å². The molecule has 2 aliphatic heterocycles. The van der Waals surface area contributed by atoms with E-state index in [2.05, 4.69) is 0 Å². The summed E-state index contributed by atoms with van der Waals surface area (Å²) in [6, 6.07) is 0. The predicted octanol–water partition coefficient (Wildman–Crippen LogP) is 2.19. The van der Waals surface area contributed by atoms with Crippen molar-refractivity contribution < 1.29 is 22.7 Å². The molecule has 0 aromatic heterocycles. The number of rotatable bonds is 4. The van der Waals surface area contributed by atoms with Gasteiger partial charge in [-0.25, -0.2) is 13.2 Å². The van der Waals surface area contributed by atoms with E-state index < -0.39 is 19.9 Å². The summed E-state index contributed by atoms with van der Waals surface area (Å²) in [5.41, 5.74) is -0.497. The summed E-state index contributed by atoms with van der Waals surface area (Å²) in [6.45, 7) is 7.55. The Hall–Kier alpha value is -1.02. The molecule has 0 aromatic carbocycles. The molecule has 0 saturated carbocycles. The zero-order valence-electron chi connectivity index (χ0n) is 15.0. The molecule has 0 spiro atoms. The van der Waals surface area contributed by atoms with Crippen molar-refractivity contribution in [3.8, 4) is 0 Å². The lowest BCUT2D eigenvalue weighted by Crippen LogP contribution is -2.42. The predicted molar refractivity (Wildman–Crippen MR) is 94.9 cm³/mol. The van der Waals surface area contributed by atoms with Crippen molar-refractivity contribution in [2.75, 3.05) is 26.2 Å². The molecular formula is C16H27ClN2O5S. The molecule has 144 valence electrons. The summed E-state index contributed by atoms with van der Waals surface area (Å²) in [6.07, 6.45) is 2.22. The number of amides is 2. The van der Waals surface area contributed by atoms with E-state index in [1.54, 1.807) is 9.80 Å². The van der Waals surface area contributed by atoms with Crippen LogP contribution in [0.2, 0.25) is 0 Å². The summed E-state index contributed by atoms with van der Waals surface area (Å²) in [5, 5.41) is -0.796. The minimum atomic E-state index is -3.69. The van der Waals surface area contributed by atoms with Crippen LogP contribution in [0.4, 0.5) is 4.79 Å². The van der Waals surface area contributed by atoms with Gasteiger partial charge in [-0.3, -0.25) is 4.79 Å². The second-order valence-corrected chi connectivity index (χ2v) is 10.7. The average Bonchev–Trinajstić information content (AvgIpc) is 2.85. The summed E-state index contributed by atoms with van der Waals surface area (Å²) in [4.78, 5) is 27.3. The lowest BCUT2D eigenvalue weighted by atomic mass is 9.93. The summed E-state index contributed by atoms with van der Waals surface area (Å²) < 4.78 is 28.1. The SMILES string of the molecule is CC(C)(C)OC(=O)N1CCC(CCN2CC(S(=O)(=O)Cl)CC2=O)CC1. The molecule has 9 heteroatoms. The zero-order chi connectivity index (χ0) is 18.8. The van der Waals surface area contributed by atoms with E-state index in [9.17, 15) is 18.0 Å². The maximum Gasteiger partial charge on any atom is 0.410 e. The molecule has 2 heterocycles. The molecule has 0 aromatic rings. The molecule has 25 heavy (non-hydrogen) atoms. The Morgan fingerprint density at radius 2 is 1.88 bits per heavy atom. The molecule has 1 unspecified atom stereocenters. The minimum absolute atomic E-state index is 0.0249. The normalized spacial score (nSPS) is 23.2. The van der Waals surface area contributed by atoms with Crippen molar-refractivity contribution in [1.29, 1.82) is 0 Å². The van der Waals surface area contributed by atoms with E-state index in [1.165, 1.54) is 0 Å². The van der Waals surface area contributed by atoms with Crippen molar-refractivity contribution in [3.05, 3.63) is 0 Å². The van der Waals surface area contributed by atoms with Gasteiger partial charge >= 0.3 is 6.09 Å². The van der Waals surface area contributed by atoms with Crippen LogP contribution in [0.3, 0.4) is 0 Å². The van der Waals surface area contributed by atoms with E-state index in [-0.39, 0.29) is 25.0 Å². The number of piperidine rings is 1. The molecule has 2 saturated heterocycles. The van der Waals surface area contributed by atoms with Gasteiger partial charge < -0.3 is 14.5 Å². The smallest absolute Gasteiger partial charge is 0.410 e. The number of carbonyl (C=O) groups is 2. The first kappa shape index (κ1) is 20.3. The largest absolute Gasteiger partial charge is 0.444 e. The summed E-state index contributed by atoms with van der Waals surface area (Å²) in [5.74, 6) is 0.263. The van der Waals surface area contributed by atoms with Gasteiger partial charge in [0.15, 0.2) is 0 Å². The van der Waals surface area contributed by atoms with Crippen molar-refractivity contribution in [2.45, 2.75) is 57.3 Å². The molecule has 2 rings (SSSR count). The van der Waals surface area contributed by atoms with Crippen LogP contribution in [0.25, 0.3) is 0 Å². The Morgan fingerprint density at radius 3 is 2.36 bits per heavy atom. The highest BCUT2D eigenvalue weighted by Gasteiger charge is 2.37. The number of carbonyl (C=O) groups excluding carboxylic acids is 2. The van der Waals surface area contributed by atoms with E-state index in [4.69, 9.17) is 15.4 Å². The monoisotopic (exact) mass is 394 g/mol. The second-order valence-electron chi connectivity index (χ2n) is 7.84. The number of hydrogen-bond donors (Lipinski definition) is 0. The lowest BCUT2D eigenvalue weighted by molar-refractivity contribution is -0.127. The van der Waals surface area contributed by atoms with Crippen LogP contribution in [0.5, 0.6) is 0 Å². The third-order valence-corrected chi connectivity index (χ3v) is 6.52. The molecule has 0 radical (unpaired) electrons. The van der Waals surface area contributed by atoms with Crippen molar-refractivity contribution in [2.24, 2.45) is 5.92 Å². The van der Waals surface area contributed by atoms with Crippen LogP contribution in [-0.2, 0) is 18.6 Å². The highest BCUT2D eigenvalue weighted by molar-refractivity contribution is 8.14. The number of nitrogens with zero attached hydrogens (tertiary/aromatic N) is 2. The fourth-order valence-corrected chi connectivity index (χ4v) is 4.27. The van der Waals surface area contributed by atoms with E-state index >= 15 is 0 Å². The van der Waals surface area contributed by atoms with Gasteiger partial charge in [-0.05, 0) is 46.0 Å². The molecule has 1 atom stereocenters. The Balaban J connectivity index is 1.74. The first-order valence-corrected chi connectivity index (χ1v) is 11.0. The van der Waals surface area contributed by atoms with Gasteiger partial charge in [-0.2, -0.15) is 0 Å². The van der Waals surface area contributed by atoms with Crippen LogP contribution in [-0.4, -0.2) is 67.2 Å². The van der Waals surface area contributed by atoms with Crippen LogP contribution >= 0.6 is 10.7 Å². The molecule has 2 amide bonds. The molecule has 2 aliphatic rings. The standard InChI is InChI=1S/C16H27ClN2O5S/c1-16(2,3)24-15(21)18-7-4-12(5-8-18)6-9-19-11-13(10-14(19)20)25(17,22)23/h12-13H,4-11H2,1-3H3. The second kappa shape index (κ2) is 7.70. The molecule has 0 aliphatic carbocycles. The van der Waals surface area contributed by atoms with Gasteiger partial charge in [0.2, 0.25) is 15.0 Å². The fourth-order valence-electron chi connectivity index (χ4n) is 3.21. The molecular weight excluding hydrogens is 368 g/mol. The van der Waals surface area contributed by atoms with Crippen molar-refractivity contribution >= 4 is 31.7 Å². The Morgan fingerprint density at radius 1 is 1.28 bits per heavy atom. The fraction of sp³-hybridized carbons (Fsp3) is 0.875. The van der Waals surface area contributed by atoms with E-state index in [1.807, 2.05) is 20.8 Å². The van der Waals surface area contributed by atoms with Gasteiger partial charge in [-0.15, -0.1) is 0 Å². The maximum absolute atomic E-state index is 12.0. The first-order valence-electron chi connectivity index (χ1n) is 8.65. The zero-order valence-corrected chi connectivity index (χ0v) is 16.6. The van der Waals surface area contributed by atoms with Crippen LogP contribution in [0.15, 0.2) is 0 Å². The van der Waals surface area contributed by atoms with Crippen LogP contribution in [0.1, 0.15) is 46.5 Å². The van der Waals surface area contributed by atoms with Gasteiger partial charge in [0.1, 0.15) is 10.9 Å². The maximum atomic E-state index is 12.0. The van der Waals surface area contributed by atoms with E-state index in [0.29, 0.717) is 25.6 Å². The first-order chi connectivity index (χ1) is 11.5. The minimum Gasteiger partial charge on any atom is -0.444 e. The molecule has 0 bridgehead atoms. The number of likely N-dealkylation sites (tertiary alicyclic amines) is 2. The lowest BCUT2D eigenvalue weighted by Gasteiger charge is -2.34. The number of halogens is 1. The average molecular weight is 395 g/mol. The number of hydrogen-bond acceptors (Lipinski definition) is 5. The Labute approximate surface area is 154 Å². The quantitative estimate of drug-likeness (QED) is 0.682. The molecule has 2 fully saturated rings. The van der Waals surface area contributed by atoms with Gasteiger partial charge in [0.25, 0.3) is 0 Å². The van der Waals surface area contributed by atoms with E-state index in [0.717, 1.165) is 19.3 Å². The number of ether oxygens (including phenoxy) is 1. The van der Waals surface area contributed by atoms with Crippen LogP contribution < -0.4 is 0 Å². The van der Waals surface area contributed by atoms with Gasteiger partial charge in [0, 0.05) is 43.3 Å². The highest BCUT2D eigenvalue weighted by atomic mass is 35.7. The highest BCUT2D eigenvalue weighted by Crippen LogP contribution is 2.25. The third kappa shape index (κ3) is 6.02. The topological polar surface area (TPSA) is 84.0 Å². The Kier molecular flexibility index (Phi) is 6.25. The molecule has 7 nitrogen and oxygen atoms in total. The van der Waals surface area contributed by atoms with Gasteiger partial charge in [-0.1, -0.05) is 0 Å². The third-order valence-electron chi connectivity index (χ3n) is 4.65.